The molecule has 0 aliphatic carbocycles. The molecule has 1 rings (SSSR count). The third-order valence-electron chi connectivity index (χ3n) is 0.667. The van der Waals surface area contributed by atoms with E-state index in [1.807, 2.05) is 36.4 Å². The first-order chi connectivity index (χ1) is 3.00. The van der Waals surface area contributed by atoms with Crippen LogP contribution in [0, 0.1) is 0 Å². The molecule has 0 aliphatic rings. The second kappa shape index (κ2) is 6.77. The molecule has 1 aromatic rings. The van der Waals surface area contributed by atoms with Crippen molar-refractivity contribution in [1.29, 1.82) is 0 Å². The van der Waals surface area contributed by atoms with Crippen molar-refractivity contribution in [2.24, 2.45) is 0 Å². The maximum absolute atomic E-state index is 2.00. The fraction of sp³-hybridized carbons (Fsp3) is 0. The Hall–Kier alpha value is -0.227. The van der Waals surface area contributed by atoms with E-state index < -0.39 is 0 Å². The molecule has 0 bridgehead atoms. The van der Waals surface area contributed by atoms with E-state index in [-0.39, 0.29) is 24.2 Å². The van der Waals surface area contributed by atoms with Crippen LogP contribution in [0.3, 0.4) is 0 Å². The molecular formula is C6H6FRu. The summed E-state index contributed by atoms with van der Waals surface area (Å²) in [5.74, 6) is 0. The molecule has 0 amide bonds. The zero-order chi connectivity index (χ0) is 4.24. The Morgan fingerprint density at radius 1 is 0.500 bits per heavy atom. The van der Waals surface area contributed by atoms with Gasteiger partial charge >= 0.3 is 0 Å². The Morgan fingerprint density at radius 2 is 0.625 bits per heavy atom. The zero-order valence-corrected chi connectivity index (χ0v) is 5.93. The summed E-state index contributed by atoms with van der Waals surface area (Å²) in [4.78, 5) is 0. The van der Waals surface area contributed by atoms with Gasteiger partial charge in [-0.25, -0.2) is 0 Å². The Morgan fingerprint density at radius 3 is 0.750 bits per heavy atom. The molecule has 0 aromatic heterocycles. The van der Waals surface area contributed by atoms with Gasteiger partial charge in [0.25, 0.3) is 0 Å². The predicted molar refractivity (Wildman–Crippen MR) is 27.5 cm³/mol. The monoisotopic (exact) mass is 199 g/mol. The summed E-state index contributed by atoms with van der Waals surface area (Å²) in [5, 5.41) is 0. The molecule has 0 fully saturated rings. The van der Waals surface area contributed by atoms with E-state index in [1.54, 1.807) is 0 Å². The van der Waals surface area contributed by atoms with E-state index in [0.717, 1.165) is 0 Å². The van der Waals surface area contributed by atoms with Crippen molar-refractivity contribution in [3.63, 3.8) is 0 Å². The Balaban J connectivity index is 0. The fourth-order valence-corrected chi connectivity index (χ4v) is 0.385. The third-order valence-corrected chi connectivity index (χ3v) is 0.667. The molecule has 0 heterocycles. The first kappa shape index (κ1) is 10.7. The zero-order valence-electron chi connectivity index (χ0n) is 4.20. The van der Waals surface area contributed by atoms with E-state index >= 15 is 0 Å². The third kappa shape index (κ3) is 3.95. The summed E-state index contributed by atoms with van der Waals surface area (Å²) in [6.45, 7) is 0. The molecule has 0 saturated heterocycles. The van der Waals surface area contributed by atoms with Crippen molar-refractivity contribution < 1.29 is 24.2 Å². The molecule has 0 nitrogen and oxygen atoms in total. The Bertz CT molecular complexity index is 80.5. The van der Waals surface area contributed by atoms with Crippen LogP contribution >= 0.6 is 0 Å². The summed E-state index contributed by atoms with van der Waals surface area (Å²) in [6.07, 6.45) is 0. The number of halogens is 1. The van der Waals surface area contributed by atoms with Crippen LogP contribution in [-0.4, -0.2) is 0 Å². The van der Waals surface area contributed by atoms with Crippen LogP contribution in [-0.2, 0) is 19.5 Å². The number of benzene rings is 1. The van der Waals surface area contributed by atoms with E-state index in [2.05, 4.69) is 0 Å². The number of rotatable bonds is 0. The first-order valence-corrected chi connectivity index (χ1v) is 2.00. The van der Waals surface area contributed by atoms with Gasteiger partial charge in [0.05, 0.1) is 0 Å². The van der Waals surface area contributed by atoms with Crippen molar-refractivity contribution in [2.45, 2.75) is 0 Å². The van der Waals surface area contributed by atoms with Crippen LogP contribution in [0.4, 0.5) is 4.70 Å². The minimum Gasteiger partial charge on any atom is -0.0623 e. The van der Waals surface area contributed by atoms with Gasteiger partial charge in [0.2, 0.25) is 0 Å². The Kier molecular flexibility index (Phi) is 9.06. The molecular weight excluding hydrogens is 192 g/mol. The fourth-order valence-electron chi connectivity index (χ4n) is 0.385. The van der Waals surface area contributed by atoms with E-state index in [0.29, 0.717) is 0 Å². The quantitative estimate of drug-likeness (QED) is 0.560. The minimum absolute atomic E-state index is 0. The molecule has 8 heavy (non-hydrogen) atoms. The molecule has 0 atom stereocenters. The topological polar surface area (TPSA) is 0 Å². The molecule has 0 unspecified atom stereocenters. The summed E-state index contributed by atoms with van der Waals surface area (Å²) in [7, 11) is 0. The van der Waals surface area contributed by atoms with E-state index in [9.17, 15) is 0 Å². The second-order valence-corrected chi connectivity index (χ2v) is 1.15. The van der Waals surface area contributed by atoms with Gasteiger partial charge in [-0.15, -0.1) is 0 Å². The maximum Gasteiger partial charge on any atom is 0 e. The van der Waals surface area contributed by atoms with Gasteiger partial charge in [-0.1, -0.05) is 36.4 Å². The Labute approximate surface area is 61.0 Å². The largest absolute Gasteiger partial charge is 0.0623 e. The second-order valence-electron chi connectivity index (χ2n) is 1.15. The predicted octanol–water partition coefficient (Wildman–Crippen LogP) is 2.10. The summed E-state index contributed by atoms with van der Waals surface area (Å²) in [5.41, 5.74) is 0. The van der Waals surface area contributed by atoms with Gasteiger partial charge in [-0.3, -0.25) is 0 Å². The molecule has 0 spiro atoms. The first-order valence-electron chi connectivity index (χ1n) is 2.00. The summed E-state index contributed by atoms with van der Waals surface area (Å²) in [6, 6.07) is 12.0. The van der Waals surface area contributed by atoms with Crippen molar-refractivity contribution in [3.05, 3.63) is 36.4 Å². The van der Waals surface area contributed by atoms with Gasteiger partial charge in [-0.05, 0) is 0 Å². The molecule has 2 heteroatoms. The van der Waals surface area contributed by atoms with Crippen LogP contribution in [0.1, 0.15) is 0 Å². The van der Waals surface area contributed by atoms with Gasteiger partial charge < -0.3 is 0 Å². The summed E-state index contributed by atoms with van der Waals surface area (Å²) < 4.78 is 0. The van der Waals surface area contributed by atoms with Gasteiger partial charge in [0, 0.05) is 24.2 Å². The normalized spacial score (nSPS) is 6.00. The van der Waals surface area contributed by atoms with Gasteiger partial charge in [-0.2, -0.15) is 0 Å². The van der Waals surface area contributed by atoms with Crippen LogP contribution in [0.15, 0.2) is 36.4 Å². The molecule has 45 valence electrons. The van der Waals surface area contributed by atoms with Crippen LogP contribution in [0.2, 0.25) is 0 Å². The van der Waals surface area contributed by atoms with Crippen molar-refractivity contribution in [2.75, 3.05) is 0 Å². The number of hydrogen-bond donors (Lipinski definition) is 0. The summed E-state index contributed by atoms with van der Waals surface area (Å²) >= 11 is 0. The molecule has 1 radical (unpaired) electrons. The smallest absolute Gasteiger partial charge is 0 e. The molecule has 0 aliphatic heterocycles. The van der Waals surface area contributed by atoms with Gasteiger partial charge in [0.1, 0.15) is 0 Å². The molecule has 1 aromatic carbocycles. The van der Waals surface area contributed by atoms with Crippen molar-refractivity contribution in [3.8, 4) is 0 Å². The maximum atomic E-state index is 2.00. The van der Waals surface area contributed by atoms with Crippen LogP contribution in [0.25, 0.3) is 0 Å². The van der Waals surface area contributed by atoms with Crippen LogP contribution in [0.5, 0.6) is 0 Å². The standard InChI is InChI=1S/C6H6.F.Ru/c1-2-4-6-5-3-1;;/h1-6H;;. The van der Waals surface area contributed by atoms with E-state index in [1.165, 1.54) is 0 Å². The van der Waals surface area contributed by atoms with Crippen molar-refractivity contribution in [1.82, 2.24) is 0 Å². The van der Waals surface area contributed by atoms with E-state index in [4.69, 9.17) is 0 Å². The average Bonchev–Trinajstić information content (AvgIpc) is 1.72. The minimum atomic E-state index is 0. The molecule has 0 N–H and O–H groups in total. The van der Waals surface area contributed by atoms with Crippen LogP contribution < -0.4 is 0 Å². The van der Waals surface area contributed by atoms with Gasteiger partial charge in [0.15, 0.2) is 0 Å². The van der Waals surface area contributed by atoms with Crippen molar-refractivity contribution >= 4 is 0 Å². The molecule has 0 saturated carbocycles. The SMILES string of the molecule is [F].[Ru].c1ccccc1. The number of hydrogen-bond acceptors (Lipinski definition) is 0. The average molecular weight is 198 g/mol.